The monoisotopic (exact) mass is 309 g/mol. The van der Waals surface area contributed by atoms with E-state index in [1.807, 2.05) is 0 Å². The number of carbonyl (C=O) groups is 3. The van der Waals surface area contributed by atoms with Crippen molar-refractivity contribution in [3.05, 3.63) is 0 Å². The Kier molecular flexibility index (Phi) is 4.08. The van der Waals surface area contributed by atoms with E-state index in [1.165, 1.54) is 12.8 Å². The zero-order valence-corrected chi connectivity index (χ0v) is 12.7. The first kappa shape index (κ1) is 15.3. The standard InChI is InChI=1S/C15H23N3O4/c19-10-15(6-11-2-3-11)4-1-5-17(9-15)13(21)8-18-12(20)7-16-14(18)22/h11,19H,1-10H2,(H,16,22). The fourth-order valence-corrected chi connectivity index (χ4v) is 3.57. The largest absolute Gasteiger partial charge is 0.396 e. The molecule has 2 saturated heterocycles. The molecule has 3 fully saturated rings. The van der Waals surface area contributed by atoms with Gasteiger partial charge in [0, 0.05) is 18.5 Å². The Balaban J connectivity index is 1.62. The number of aliphatic hydroxyl groups excluding tert-OH is 1. The second kappa shape index (κ2) is 5.87. The molecule has 2 heterocycles. The molecule has 7 nitrogen and oxygen atoms in total. The molecule has 0 aromatic heterocycles. The van der Waals surface area contributed by atoms with Crippen LogP contribution in [-0.4, -0.2) is 65.5 Å². The molecule has 1 unspecified atom stereocenters. The average molecular weight is 309 g/mol. The lowest BCUT2D eigenvalue weighted by atomic mass is 9.76. The van der Waals surface area contributed by atoms with E-state index in [4.69, 9.17) is 0 Å². The van der Waals surface area contributed by atoms with E-state index in [2.05, 4.69) is 5.32 Å². The van der Waals surface area contributed by atoms with Gasteiger partial charge in [0.2, 0.25) is 5.91 Å². The first-order valence-electron chi connectivity index (χ1n) is 8.00. The molecule has 22 heavy (non-hydrogen) atoms. The van der Waals surface area contributed by atoms with Crippen molar-refractivity contribution in [2.24, 2.45) is 11.3 Å². The van der Waals surface area contributed by atoms with E-state index < -0.39 is 6.03 Å². The molecular formula is C15H23N3O4. The molecule has 0 aromatic carbocycles. The van der Waals surface area contributed by atoms with Crippen molar-refractivity contribution < 1.29 is 19.5 Å². The zero-order valence-electron chi connectivity index (χ0n) is 12.7. The number of hydrogen-bond acceptors (Lipinski definition) is 4. The Bertz CT molecular complexity index is 475. The Hall–Kier alpha value is -1.63. The fourth-order valence-electron chi connectivity index (χ4n) is 3.57. The van der Waals surface area contributed by atoms with Crippen LogP contribution in [0.15, 0.2) is 0 Å². The van der Waals surface area contributed by atoms with E-state index in [-0.39, 0.29) is 36.9 Å². The van der Waals surface area contributed by atoms with Crippen molar-refractivity contribution in [1.29, 1.82) is 0 Å². The minimum atomic E-state index is -0.498. The number of amides is 4. The molecule has 122 valence electrons. The highest BCUT2D eigenvalue weighted by Crippen LogP contribution is 2.44. The summed E-state index contributed by atoms with van der Waals surface area (Å²) in [5.74, 6) is 0.119. The Morgan fingerprint density at radius 2 is 2.14 bits per heavy atom. The number of nitrogens with zero attached hydrogens (tertiary/aromatic N) is 2. The highest BCUT2D eigenvalue weighted by molar-refractivity contribution is 6.04. The number of piperidine rings is 1. The summed E-state index contributed by atoms with van der Waals surface area (Å²) >= 11 is 0. The van der Waals surface area contributed by atoms with Gasteiger partial charge in [-0.05, 0) is 25.2 Å². The molecule has 0 aromatic rings. The minimum Gasteiger partial charge on any atom is -0.396 e. The first-order valence-corrected chi connectivity index (χ1v) is 8.00. The van der Waals surface area contributed by atoms with Crippen LogP contribution in [0.25, 0.3) is 0 Å². The van der Waals surface area contributed by atoms with Gasteiger partial charge in [-0.15, -0.1) is 0 Å². The molecule has 2 N–H and O–H groups in total. The number of nitrogens with one attached hydrogen (secondary N) is 1. The van der Waals surface area contributed by atoms with Gasteiger partial charge in [-0.25, -0.2) is 4.79 Å². The maximum absolute atomic E-state index is 12.4. The van der Waals surface area contributed by atoms with E-state index in [0.29, 0.717) is 19.0 Å². The summed E-state index contributed by atoms with van der Waals surface area (Å²) in [7, 11) is 0. The molecule has 0 spiro atoms. The van der Waals surface area contributed by atoms with Gasteiger partial charge in [0.05, 0.1) is 13.2 Å². The lowest BCUT2D eigenvalue weighted by Gasteiger charge is -2.42. The van der Waals surface area contributed by atoms with E-state index >= 15 is 0 Å². The van der Waals surface area contributed by atoms with Crippen LogP contribution in [-0.2, 0) is 9.59 Å². The molecule has 0 bridgehead atoms. The Labute approximate surface area is 129 Å². The number of urea groups is 1. The number of carbonyl (C=O) groups excluding carboxylic acids is 3. The summed E-state index contributed by atoms with van der Waals surface area (Å²) in [6.45, 7) is 1.03. The third kappa shape index (κ3) is 3.09. The lowest BCUT2D eigenvalue weighted by molar-refractivity contribution is -0.140. The molecular weight excluding hydrogens is 286 g/mol. The highest BCUT2D eigenvalue weighted by atomic mass is 16.3. The number of rotatable bonds is 5. The molecule has 4 amide bonds. The number of aliphatic hydroxyl groups is 1. The van der Waals surface area contributed by atoms with Crippen molar-refractivity contribution in [3.63, 3.8) is 0 Å². The summed E-state index contributed by atoms with van der Waals surface area (Å²) in [5.41, 5.74) is -0.202. The van der Waals surface area contributed by atoms with Crippen LogP contribution in [0.4, 0.5) is 4.79 Å². The molecule has 1 atom stereocenters. The molecule has 1 saturated carbocycles. The second-order valence-electron chi connectivity index (χ2n) is 6.86. The van der Waals surface area contributed by atoms with Gasteiger partial charge < -0.3 is 15.3 Å². The van der Waals surface area contributed by atoms with E-state index in [9.17, 15) is 19.5 Å². The maximum Gasteiger partial charge on any atom is 0.325 e. The van der Waals surface area contributed by atoms with Gasteiger partial charge in [-0.3, -0.25) is 14.5 Å². The summed E-state index contributed by atoms with van der Waals surface area (Å²) < 4.78 is 0. The van der Waals surface area contributed by atoms with Gasteiger partial charge in [-0.1, -0.05) is 12.8 Å². The summed E-state index contributed by atoms with van der Waals surface area (Å²) in [5, 5.41) is 12.2. The molecule has 3 aliphatic rings. The van der Waals surface area contributed by atoms with Crippen LogP contribution in [0, 0.1) is 11.3 Å². The second-order valence-corrected chi connectivity index (χ2v) is 6.86. The number of likely N-dealkylation sites (tertiary alicyclic amines) is 1. The predicted octanol–water partition coefficient (Wildman–Crippen LogP) is -0.0606. The fraction of sp³-hybridized carbons (Fsp3) is 0.800. The molecule has 0 radical (unpaired) electrons. The summed E-state index contributed by atoms with van der Waals surface area (Å²) in [6, 6.07) is -0.498. The van der Waals surface area contributed by atoms with Crippen molar-refractivity contribution in [3.8, 4) is 0 Å². The number of imide groups is 1. The van der Waals surface area contributed by atoms with Gasteiger partial charge in [0.15, 0.2) is 0 Å². The molecule has 1 aliphatic carbocycles. The van der Waals surface area contributed by atoms with Crippen LogP contribution in [0.3, 0.4) is 0 Å². The lowest BCUT2D eigenvalue weighted by Crippen LogP contribution is -2.51. The Morgan fingerprint density at radius 3 is 2.73 bits per heavy atom. The van der Waals surface area contributed by atoms with E-state index in [1.54, 1.807) is 4.90 Å². The molecule has 7 heteroatoms. The minimum absolute atomic E-state index is 0.0334. The van der Waals surface area contributed by atoms with E-state index in [0.717, 1.165) is 24.2 Å². The van der Waals surface area contributed by atoms with Gasteiger partial charge in [0.1, 0.15) is 6.54 Å². The van der Waals surface area contributed by atoms with Crippen LogP contribution in [0.1, 0.15) is 32.1 Å². The SMILES string of the molecule is O=C(CN1C(=O)CNC1=O)N1CCCC(CO)(CC2CC2)C1. The van der Waals surface area contributed by atoms with Crippen molar-refractivity contribution in [1.82, 2.24) is 15.1 Å². The quantitative estimate of drug-likeness (QED) is 0.696. The normalized spacial score (nSPS) is 29.0. The topological polar surface area (TPSA) is 90.0 Å². The maximum atomic E-state index is 12.4. The Morgan fingerprint density at radius 1 is 1.36 bits per heavy atom. The van der Waals surface area contributed by atoms with Crippen molar-refractivity contribution in [2.75, 3.05) is 32.8 Å². The first-order chi connectivity index (χ1) is 10.5. The van der Waals surface area contributed by atoms with Crippen LogP contribution >= 0.6 is 0 Å². The van der Waals surface area contributed by atoms with Crippen LogP contribution < -0.4 is 5.32 Å². The molecule has 2 aliphatic heterocycles. The summed E-state index contributed by atoms with van der Waals surface area (Å²) in [6.07, 6.45) is 5.21. The van der Waals surface area contributed by atoms with Crippen LogP contribution in [0.5, 0.6) is 0 Å². The third-order valence-corrected chi connectivity index (χ3v) is 5.00. The smallest absolute Gasteiger partial charge is 0.325 e. The van der Waals surface area contributed by atoms with Crippen molar-refractivity contribution in [2.45, 2.75) is 32.1 Å². The third-order valence-electron chi connectivity index (χ3n) is 5.00. The van der Waals surface area contributed by atoms with Crippen molar-refractivity contribution >= 4 is 17.8 Å². The van der Waals surface area contributed by atoms with Crippen LogP contribution in [0.2, 0.25) is 0 Å². The number of hydrogen-bond donors (Lipinski definition) is 2. The zero-order chi connectivity index (χ0) is 15.7. The molecule has 3 rings (SSSR count). The highest BCUT2D eigenvalue weighted by Gasteiger charge is 2.41. The van der Waals surface area contributed by atoms with Gasteiger partial charge >= 0.3 is 6.03 Å². The van der Waals surface area contributed by atoms with Gasteiger partial charge in [0.25, 0.3) is 5.91 Å². The predicted molar refractivity (Wildman–Crippen MR) is 77.8 cm³/mol. The van der Waals surface area contributed by atoms with Gasteiger partial charge in [-0.2, -0.15) is 0 Å². The summed E-state index contributed by atoms with van der Waals surface area (Å²) in [4.78, 5) is 38.2. The average Bonchev–Trinajstić information content (AvgIpc) is 3.28.